The predicted molar refractivity (Wildman–Crippen MR) is 60.4 cm³/mol. The molecular weight excluding hydrogens is 188 g/mol. The molecule has 2 aliphatic carbocycles. The van der Waals surface area contributed by atoms with E-state index in [2.05, 4.69) is 12.2 Å². The van der Waals surface area contributed by atoms with E-state index in [0.29, 0.717) is 6.54 Å². The van der Waals surface area contributed by atoms with Crippen molar-refractivity contribution in [2.75, 3.05) is 6.54 Å². The van der Waals surface area contributed by atoms with E-state index in [-0.39, 0.29) is 16.9 Å². The Balaban J connectivity index is 1.96. The highest BCUT2D eigenvalue weighted by molar-refractivity contribution is 5.84. The van der Waals surface area contributed by atoms with Gasteiger partial charge in [0.25, 0.3) is 0 Å². The molecule has 3 nitrogen and oxygen atoms in total. The van der Waals surface area contributed by atoms with E-state index in [1.54, 1.807) is 0 Å². The minimum atomic E-state index is -0.217. The second-order valence-corrected chi connectivity index (χ2v) is 5.56. The van der Waals surface area contributed by atoms with Gasteiger partial charge in [-0.2, -0.15) is 0 Å². The standard InChI is InChI=1S/C12H22N2O/c1-11(5-2-3-6-11)14-10(15)12(9-13)7-4-8-12/h2-9,13H2,1H3,(H,14,15). The molecule has 15 heavy (non-hydrogen) atoms. The maximum Gasteiger partial charge on any atom is 0.227 e. The molecule has 0 bridgehead atoms. The second kappa shape index (κ2) is 3.78. The van der Waals surface area contributed by atoms with Gasteiger partial charge in [0.05, 0.1) is 5.41 Å². The van der Waals surface area contributed by atoms with E-state index in [1.807, 2.05) is 0 Å². The molecule has 2 saturated carbocycles. The van der Waals surface area contributed by atoms with Crippen LogP contribution in [0, 0.1) is 5.41 Å². The molecule has 2 rings (SSSR count). The van der Waals surface area contributed by atoms with Gasteiger partial charge in [-0.15, -0.1) is 0 Å². The van der Waals surface area contributed by atoms with Crippen molar-refractivity contribution in [3.63, 3.8) is 0 Å². The maximum atomic E-state index is 12.1. The number of nitrogens with one attached hydrogen (secondary N) is 1. The fourth-order valence-electron chi connectivity index (χ4n) is 2.81. The summed E-state index contributed by atoms with van der Waals surface area (Å²) in [5.41, 5.74) is 5.56. The third kappa shape index (κ3) is 1.89. The molecule has 0 aliphatic heterocycles. The highest BCUT2D eigenvalue weighted by Crippen LogP contribution is 2.41. The van der Waals surface area contributed by atoms with Crippen molar-refractivity contribution < 1.29 is 4.79 Å². The molecule has 0 spiro atoms. The second-order valence-electron chi connectivity index (χ2n) is 5.56. The number of hydrogen-bond acceptors (Lipinski definition) is 2. The van der Waals surface area contributed by atoms with Crippen LogP contribution in [0.4, 0.5) is 0 Å². The first kappa shape index (κ1) is 10.9. The fourth-order valence-corrected chi connectivity index (χ4v) is 2.81. The first-order valence-electron chi connectivity index (χ1n) is 6.13. The molecule has 3 heteroatoms. The van der Waals surface area contributed by atoms with Crippen LogP contribution in [-0.2, 0) is 4.79 Å². The van der Waals surface area contributed by atoms with Gasteiger partial charge in [0.2, 0.25) is 5.91 Å². The van der Waals surface area contributed by atoms with E-state index < -0.39 is 0 Å². The molecule has 0 saturated heterocycles. The van der Waals surface area contributed by atoms with E-state index in [1.165, 1.54) is 12.8 Å². The summed E-state index contributed by atoms with van der Waals surface area (Å²) in [7, 11) is 0. The monoisotopic (exact) mass is 210 g/mol. The summed E-state index contributed by atoms with van der Waals surface area (Å²) in [6, 6.07) is 0. The van der Waals surface area contributed by atoms with Gasteiger partial charge in [-0.3, -0.25) is 4.79 Å². The van der Waals surface area contributed by atoms with Crippen LogP contribution >= 0.6 is 0 Å². The smallest absolute Gasteiger partial charge is 0.227 e. The Hall–Kier alpha value is -0.570. The zero-order valence-corrected chi connectivity index (χ0v) is 9.64. The Morgan fingerprint density at radius 1 is 1.20 bits per heavy atom. The van der Waals surface area contributed by atoms with Crippen molar-refractivity contribution in [1.82, 2.24) is 5.32 Å². The Labute approximate surface area is 91.8 Å². The van der Waals surface area contributed by atoms with Gasteiger partial charge in [-0.1, -0.05) is 19.3 Å². The zero-order chi connectivity index (χ0) is 10.9. The minimum Gasteiger partial charge on any atom is -0.350 e. The summed E-state index contributed by atoms with van der Waals surface area (Å²) in [6.45, 7) is 2.68. The largest absolute Gasteiger partial charge is 0.350 e. The number of rotatable bonds is 3. The minimum absolute atomic E-state index is 0.0504. The molecule has 0 heterocycles. The number of amides is 1. The van der Waals surface area contributed by atoms with E-state index in [9.17, 15) is 4.79 Å². The summed E-state index contributed by atoms with van der Waals surface area (Å²) in [5.74, 6) is 0.209. The number of hydrogen-bond donors (Lipinski definition) is 2. The normalized spacial score (nSPS) is 27.1. The molecule has 0 unspecified atom stereocenters. The molecule has 0 radical (unpaired) electrons. The van der Waals surface area contributed by atoms with Gasteiger partial charge in [0.1, 0.15) is 0 Å². The molecule has 2 fully saturated rings. The van der Waals surface area contributed by atoms with E-state index >= 15 is 0 Å². The van der Waals surface area contributed by atoms with Crippen LogP contribution in [0.5, 0.6) is 0 Å². The van der Waals surface area contributed by atoms with Gasteiger partial charge in [-0.25, -0.2) is 0 Å². The van der Waals surface area contributed by atoms with Gasteiger partial charge < -0.3 is 11.1 Å². The van der Waals surface area contributed by atoms with Crippen LogP contribution in [0.2, 0.25) is 0 Å². The lowest BCUT2D eigenvalue weighted by atomic mass is 9.68. The lowest BCUT2D eigenvalue weighted by Crippen LogP contribution is -2.56. The van der Waals surface area contributed by atoms with Gasteiger partial charge in [0.15, 0.2) is 0 Å². The van der Waals surface area contributed by atoms with Crippen LogP contribution < -0.4 is 11.1 Å². The zero-order valence-electron chi connectivity index (χ0n) is 9.64. The van der Waals surface area contributed by atoms with Gasteiger partial charge in [0, 0.05) is 12.1 Å². The van der Waals surface area contributed by atoms with Crippen LogP contribution in [-0.4, -0.2) is 18.0 Å². The molecule has 3 N–H and O–H groups in total. The lowest BCUT2D eigenvalue weighted by Gasteiger charge is -2.41. The van der Waals surface area contributed by atoms with Crippen molar-refractivity contribution in [3.8, 4) is 0 Å². The summed E-state index contributed by atoms with van der Waals surface area (Å²) < 4.78 is 0. The van der Waals surface area contributed by atoms with Crippen LogP contribution in [0.1, 0.15) is 51.9 Å². The highest BCUT2D eigenvalue weighted by Gasteiger charge is 2.45. The molecule has 86 valence electrons. The van der Waals surface area contributed by atoms with Crippen molar-refractivity contribution in [2.45, 2.75) is 57.4 Å². The first-order valence-corrected chi connectivity index (χ1v) is 6.13. The molecular formula is C12H22N2O. The highest BCUT2D eigenvalue weighted by atomic mass is 16.2. The average molecular weight is 210 g/mol. The SMILES string of the molecule is CC1(NC(=O)C2(CN)CCC2)CCCC1. The molecule has 2 aliphatic rings. The molecule has 0 aromatic heterocycles. The molecule has 0 atom stereocenters. The topological polar surface area (TPSA) is 55.1 Å². The van der Waals surface area contributed by atoms with Crippen LogP contribution in [0.15, 0.2) is 0 Å². The van der Waals surface area contributed by atoms with Crippen molar-refractivity contribution in [2.24, 2.45) is 11.1 Å². The summed E-state index contributed by atoms with van der Waals surface area (Å²) in [5, 5.41) is 3.23. The van der Waals surface area contributed by atoms with Crippen LogP contribution in [0.3, 0.4) is 0 Å². The maximum absolute atomic E-state index is 12.1. The Morgan fingerprint density at radius 2 is 1.80 bits per heavy atom. The van der Waals surface area contributed by atoms with Gasteiger partial charge in [-0.05, 0) is 32.6 Å². The Morgan fingerprint density at radius 3 is 2.20 bits per heavy atom. The van der Waals surface area contributed by atoms with Crippen molar-refractivity contribution >= 4 is 5.91 Å². The van der Waals surface area contributed by atoms with Crippen molar-refractivity contribution in [3.05, 3.63) is 0 Å². The Kier molecular flexibility index (Phi) is 2.75. The summed E-state index contributed by atoms with van der Waals surface area (Å²) in [4.78, 5) is 12.1. The van der Waals surface area contributed by atoms with Crippen LogP contribution in [0.25, 0.3) is 0 Å². The Bertz CT molecular complexity index is 247. The van der Waals surface area contributed by atoms with E-state index in [4.69, 9.17) is 5.73 Å². The number of nitrogens with two attached hydrogens (primary N) is 1. The summed E-state index contributed by atoms with van der Waals surface area (Å²) >= 11 is 0. The van der Waals surface area contributed by atoms with E-state index in [0.717, 1.165) is 32.1 Å². The quantitative estimate of drug-likeness (QED) is 0.743. The third-order valence-electron chi connectivity index (χ3n) is 4.31. The van der Waals surface area contributed by atoms with Crippen molar-refractivity contribution in [1.29, 1.82) is 0 Å². The average Bonchev–Trinajstić information content (AvgIpc) is 2.50. The fraction of sp³-hybridized carbons (Fsp3) is 0.917. The van der Waals surface area contributed by atoms with Gasteiger partial charge >= 0.3 is 0 Å². The first-order chi connectivity index (χ1) is 7.10. The number of carbonyl (C=O) groups excluding carboxylic acids is 1. The number of carbonyl (C=O) groups is 1. The molecule has 0 aromatic rings. The molecule has 1 amide bonds. The third-order valence-corrected chi connectivity index (χ3v) is 4.31. The lowest BCUT2D eigenvalue weighted by molar-refractivity contribution is -0.137. The predicted octanol–water partition coefficient (Wildman–Crippen LogP) is 1.56. The molecule has 0 aromatic carbocycles. The summed E-state index contributed by atoms with van der Waals surface area (Å²) in [6.07, 6.45) is 7.84.